The first-order valence-corrected chi connectivity index (χ1v) is 7.00. The van der Waals surface area contributed by atoms with E-state index in [1.807, 2.05) is 29.8 Å². The van der Waals surface area contributed by atoms with Crippen LogP contribution in [0, 0.1) is 0 Å². The van der Waals surface area contributed by atoms with E-state index >= 15 is 0 Å². The topological polar surface area (TPSA) is 66.0 Å². The van der Waals surface area contributed by atoms with Gasteiger partial charge in [0.2, 0.25) is 0 Å². The van der Waals surface area contributed by atoms with E-state index in [2.05, 4.69) is 23.9 Å². The van der Waals surface area contributed by atoms with Gasteiger partial charge in [-0.3, -0.25) is 0 Å². The van der Waals surface area contributed by atoms with Gasteiger partial charge in [-0.25, -0.2) is 9.67 Å². The second kappa shape index (κ2) is 6.05. The minimum atomic E-state index is -0.139. The predicted octanol–water partition coefficient (Wildman–Crippen LogP) is 2.42. The Morgan fingerprint density at radius 3 is 2.60 bits per heavy atom. The van der Waals surface area contributed by atoms with Crippen molar-refractivity contribution in [2.24, 2.45) is 5.73 Å². The van der Waals surface area contributed by atoms with Crippen LogP contribution in [0.25, 0.3) is 5.69 Å². The van der Waals surface area contributed by atoms with Crippen LogP contribution in [0.3, 0.4) is 0 Å². The lowest BCUT2D eigenvalue weighted by Crippen LogP contribution is -2.13. The van der Waals surface area contributed by atoms with Crippen LogP contribution in [-0.2, 0) is 12.8 Å². The molecule has 1 atom stereocenters. The van der Waals surface area contributed by atoms with E-state index in [0.717, 1.165) is 41.5 Å². The van der Waals surface area contributed by atoms with E-state index in [-0.39, 0.29) is 6.04 Å². The summed E-state index contributed by atoms with van der Waals surface area (Å²) in [6.45, 7) is 6.08. The van der Waals surface area contributed by atoms with Gasteiger partial charge in [-0.15, -0.1) is 0 Å². The number of ether oxygens (including phenoxy) is 1. The molecule has 5 heteroatoms. The zero-order valence-electron chi connectivity index (χ0n) is 12.6. The maximum absolute atomic E-state index is 6.12. The van der Waals surface area contributed by atoms with Crippen molar-refractivity contribution in [3.05, 3.63) is 35.4 Å². The number of methoxy groups -OCH3 is 1. The third-order valence-corrected chi connectivity index (χ3v) is 3.30. The Morgan fingerprint density at radius 1 is 1.30 bits per heavy atom. The fourth-order valence-electron chi connectivity index (χ4n) is 2.32. The van der Waals surface area contributed by atoms with Crippen LogP contribution < -0.4 is 10.5 Å². The monoisotopic (exact) mass is 274 g/mol. The van der Waals surface area contributed by atoms with Gasteiger partial charge in [-0.2, -0.15) is 5.10 Å². The van der Waals surface area contributed by atoms with Gasteiger partial charge in [0.05, 0.1) is 12.8 Å². The summed E-state index contributed by atoms with van der Waals surface area (Å²) in [4.78, 5) is 4.55. The van der Waals surface area contributed by atoms with Crippen LogP contribution in [0.4, 0.5) is 0 Å². The molecule has 1 unspecified atom stereocenters. The molecule has 0 saturated carbocycles. The molecule has 0 fully saturated rings. The second-order valence-electron chi connectivity index (χ2n) is 4.74. The van der Waals surface area contributed by atoms with Gasteiger partial charge >= 0.3 is 0 Å². The van der Waals surface area contributed by atoms with Crippen LogP contribution in [0.1, 0.15) is 44.0 Å². The van der Waals surface area contributed by atoms with E-state index in [1.165, 1.54) is 0 Å². The largest absolute Gasteiger partial charge is 0.496 e. The van der Waals surface area contributed by atoms with Crippen molar-refractivity contribution in [2.75, 3.05) is 7.11 Å². The van der Waals surface area contributed by atoms with Crippen molar-refractivity contribution in [3.8, 4) is 11.4 Å². The Morgan fingerprint density at radius 2 is 2.05 bits per heavy atom. The molecule has 0 aliphatic carbocycles. The lowest BCUT2D eigenvalue weighted by atomic mass is 10.1. The number of hydrogen-bond acceptors (Lipinski definition) is 4. The summed E-state index contributed by atoms with van der Waals surface area (Å²) in [5.74, 6) is 2.57. The molecule has 0 radical (unpaired) electrons. The highest BCUT2D eigenvalue weighted by Gasteiger charge is 2.18. The molecule has 0 spiro atoms. The van der Waals surface area contributed by atoms with Gasteiger partial charge in [-0.05, 0) is 19.1 Å². The van der Waals surface area contributed by atoms with E-state index in [0.29, 0.717) is 0 Å². The Hall–Kier alpha value is -1.88. The van der Waals surface area contributed by atoms with Gasteiger partial charge < -0.3 is 10.5 Å². The van der Waals surface area contributed by atoms with E-state index < -0.39 is 0 Å². The quantitative estimate of drug-likeness (QED) is 0.909. The maximum atomic E-state index is 6.12. The predicted molar refractivity (Wildman–Crippen MR) is 79.3 cm³/mol. The van der Waals surface area contributed by atoms with Crippen LogP contribution in [-0.4, -0.2) is 21.9 Å². The molecule has 0 aliphatic rings. The summed E-state index contributed by atoms with van der Waals surface area (Å²) >= 11 is 0. The Labute approximate surface area is 119 Å². The Balaban J connectivity index is 2.65. The molecule has 0 aliphatic heterocycles. The first-order chi connectivity index (χ1) is 9.62. The standard InChI is InChI=1S/C15H22N4O/c1-5-13-17-14(6-2)19(18-13)11-8-7-9-12(20-4)15(11)10(3)16/h7-10H,5-6,16H2,1-4H3. The molecule has 20 heavy (non-hydrogen) atoms. The van der Waals surface area contributed by atoms with Crippen molar-refractivity contribution in [1.82, 2.24) is 14.8 Å². The average Bonchev–Trinajstić information content (AvgIpc) is 2.89. The lowest BCUT2D eigenvalue weighted by Gasteiger charge is -2.17. The SMILES string of the molecule is CCc1nc(CC)n(-c2cccc(OC)c2C(C)N)n1. The van der Waals surface area contributed by atoms with Crippen molar-refractivity contribution in [1.29, 1.82) is 0 Å². The number of nitrogens with two attached hydrogens (primary N) is 1. The molecule has 1 aromatic carbocycles. The van der Waals surface area contributed by atoms with Crippen LogP contribution in [0.2, 0.25) is 0 Å². The fourth-order valence-corrected chi connectivity index (χ4v) is 2.32. The van der Waals surface area contributed by atoms with Gasteiger partial charge in [0.1, 0.15) is 11.6 Å². The highest BCUT2D eigenvalue weighted by molar-refractivity contribution is 5.51. The molecule has 0 amide bonds. The second-order valence-corrected chi connectivity index (χ2v) is 4.74. The first-order valence-electron chi connectivity index (χ1n) is 7.00. The molecule has 0 saturated heterocycles. The summed E-state index contributed by atoms with van der Waals surface area (Å²) in [6, 6.07) is 5.74. The molecular formula is C15H22N4O. The van der Waals surface area contributed by atoms with E-state index in [9.17, 15) is 0 Å². The molecular weight excluding hydrogens is 252 g/mol. The summed E-state index contributed by atoms with van der Waals surface area (Å²) in [7, 11) is 1.66. The van der Waals surface area contributed by atoms with Crippen molar-refractivity contribution < 1.29 is 4.74 Å². The van der Waals surface area contributed by atoms with Gasteiger partial charge in [0, 0.05) is 24.4 Å². The smallest absolute Gasteiger partial charge is 0.151 e. The molecule has 1 aromatic heterocycles. The molecule has 2 rings (SSSR count). The number of nitrogens with zero attached hydrogens (tertiary/aromatic N) is 3. The van der Waals surface area contributed by atoms with Crippen molar-refractivity contribution in [2.45, 2.75) is 39.7 Å². The highest BCUT2D eigenvalue weighted by Crippen LogP contribution is 2.30. The van der Waals surface area contributed by atoms with Gasteiger partial charge in [0.25, 0.3) is 0 Å². The fraction of sp³-hybridized carbons (Fsp3) is 0.467. The Kier molecular flexibility index (Phi) is 4.39. The zero-order valence-corrected chi connectivity index (χ0v) is 12.6. The molecule has 2 aromatic rings. The van der Waals surface area contributed by atoms with Gasteiger partial charge in [-0.1, -0.05) is 19.9 Å². The summed E-state index contributed by atoms with van der Waals surface area (Å²) < 4.78 is 7.32. The summed E-state index contributed by atoms with van der Waals surface area (Å²) in [6.07, 6.45) is 1.64. The first kappa shape index (κ1) is 14.5. The molecule has 108 valence electrons. The number of benzene rings is 1. The molecule has 0 bridgehead atoms. The lowest BCUT2D eigenvalue weighted by molar-refractivity contribution is 0.406. The molecule has 2 N–H and O–H groups in total. The van der Waals surface area contributed by atoms with Crippen LogP contribution in [0.5, 0.6) is 5.75 Å². The summed E-state index contributed by atoms with van der Waals surface area (Å²) in [5, 5.41) is 4.58. The van der Waals surface area contributed by atoms with Crippen molar-refractivity contribution in [3.63, 3.8) is 0 Å². The minimum Gasteiger partial charge on any atom is -0.496 e. The van der Waals surface area contributed by atoms with E-state index in [4.69, 9.17) is 10.5 Å². The van der Waals surface area contributed by atoms with Crippen molar-refractivity contribution >= 4 is 0 Å². The number of aromatic nitrogens is 3. The molecule has 5 nitrogen and oxygen atoms in total. The van der Waals surface area contributed by atoms with Gasteiger partial charge in [0.15, 0.2) is 5.82 Å². The summed E-state index contributed by atoms with van der Waals surface area (Å²) in [5.41, 5.74) is 8.02. The number of hydrogen-bond donors (Lipinski definition) is 1. The normalized spacial score (nSPS) is 12.4. The van der Waals surface area contributed by atoms with Crippen LogP contribution >= 0.6 is 0 Å². The average molecular weight is 274 g/mol. The number of aryl methyl sites for hydroxylation is 2. The zero-order chi connectivity index (χ0) is 14.7. The number of rotatable bonds is 5. The third kappa shape index (κ3) is 2.54. The third-order valence-electron chi connectivity index (χ3n) is 3.30. The van der Waals surface area contributed by atoms with E-state index in [1.54, 1.807) is 7.11 Å². The Bertz CT molecular complexity index is 590. The highest BCUT2D eigenvalue weighted by atomic mass is 16.5. The van der Waals surface area contributed by atoms with Crippen LogP contribution in [0.15, 0.2) is 18.2 Å². The maximum Gasteiger partial charge on any atom is 0.151 e. The molecule has 1 heterocycles. The minimum absolute atomic E-state index is 0.139.